The van der Waals surface area contributed by atoms with Gasteiger partial charge >= 0.3 is 0 Å². The van der Waals surface area contributed by atoms with Gasteiger partial charge in [-0.05, 0) is 194 Å². The normalized spacial score (nSPS) is 51.7. The molecule has 57 heavy (non-hydrogen) atoms. The maximum absolute atomic E-state index is 11.6. The van der Waals surface area contributed by atoms with Gasteiger partial charge in [0.25, 0.3) is 0 Å². The summed E-state index contributed by atoms with van der Waals surface area (Å²) in [6.07, 6.45) is 28.4. The third kappa shape index (κ3) is 7.42. The van der Waals surface area contributed by atoms with Gasteiger partial charge in [0.1, 0.15) is 0 Å². The Morgan fingerprint density at radius 3 is 1.26 bits per heavy atom. The van der Waals surface area contributed by atoms with Crippen LogP contribution in [-0.2, 0) is 4.74 Å². The van der Waals surface area contributed by atoms with Crippen LogP contribution in [0.1, 0.15) is 210 Å². The third-order valence-electron chi connectivity index (χ3n) is 22.1. The molecule has 20 atom stereocenters. The predicted molar refractivity (Wildman–Crippen MR) is 238 cm³/mol. The molecule has 3 heteroatoms. The Morgan fingerprint density at radius 1 is 0.474 bits per heavy atom. The number of rotatable bonds is 12. The molecule has 2 N–H and O–H groups in total. The van der Waals surface area contributed by atoms with Crippen molar-refractivity contribution in [1.82, 2.24) is 0 Å². The summed E-state index contributed by atoms with van der Waals surface area (Å²) in [5, 5.41) is 23.3. The minimum atomic E-state index is -0.245. The molecule has 0 aromatic carbocycles. The Bertz CT molecular complexity index is 1260. The molecule has 8 fully saturated rings. The lowest BCUT2D eigenvalue weighted by Gasteiger charge is -2.66. The summed E-state index contributed by atoms with van der Waals surface area (Å²) in [5.74, 6) is 11.0. The molecular formula is C54H94O3. The van der Waals surface area contributed by atoms with E-state index in [2.05, 4.69) is 69.2 Å². The molecule has 0 bridgehead atoms. The fourth-order valence-electron chi connectivity index (χ4n) is 19.2. The van der Waals surface area contributed by atoms with Gasteiger partial charge in [-0.25, -0.2) is 0 Å². The zero-order valence-electron chi connectivity index (χ0n) is 39.3. The summed E-state index contributed by atoms with van der Waals surface area (Å²) in [6, 6.07) is 0. The molecule has 0 spiro atoms. The van der Waals surface area contributed by atoms with Gasteiger partial charge in [-0.3, -0.25) is 0 Å². The van der Waals surface area contributed by atoms with Crippen molar-refractivity contribution in [1.29, 1.82) is 0 Å². The van der Waals surface area contributed by atoms with E-state index in [1.165, 1.54) is 116 Å². The van der Waals surface area contributed by atoms with E-state index in [1.807, 2.05) is 0 Å². The summed E-state index contributed by atoms with van der Waals surface area (Å²) >= 11 is 0. The van der Waals surface area contributed by atoms with Gasteiger partial charge in [-0.15, -0.1) is 0 Å². The summed E-state index contributed by atoms with van der Waals surface area (Å²) in [4.78, 5) is 0. The van der Waals surface area contributed by atoms with Crippen molar-refractivity contribution >= 4 is 0 Å². The predicted octanol–water partition coefficient (Wildman–Crippen LogP) is 13.9. The first-order chi connectivity index (χ1) is 27.0. The van der Waals surface area contributed by atoms with Crippen LogP contribution in [0.15, 0.2) is 0 Å². The van der Waals surface area contributed by atoms with Gasteiger partial charge in [0.15, 0.2) is 0 Å². The molecule has 0 saturated heterocycles. The second-order valence-electron chi connectivity index (χ2n) is 25.5. The Hall–Kier alpha value is -0.120. The van der Waals surface area contributed by atoms with E-state index >= 15 is 0 Å². The number of hydrogen-bond donors (Lipinski definition) is 2. The molecule has 2 unspecified atom stereocenters. The van der Waals surface area contributed by atoms with Gasteiger partial charge in [0, 0.05) is 12.8 Å². The van der Waals surface area contributed by atoms with Crippen LogP contribution in [0.25, 0.3) is 0 Å². The zero-order valence-corrected chi connectivity index (χ0v) is 39.3. The van der Waals surface area contributed by atoms with Crippen molar-refractivity contribution < 1.29 is 14.9 Å². The second kappa shape index (κ2) is 16.5. The zero-order chi connectivity index (χ0) is 40.7. The first-order valence-electron chi connectivity index (χ1n) is 26.0. The van der Waals surface area contributed by atoms with Gasteiger partial charge < -0.3 is 14.9 Å². The lowest BCUT2D eigenvalue weighted by Crippen LogP contribution is -2.64. The van der Waals surface area contributed by atoms with Crippen LogP contribution in [0.4, 0.5) is 0 Å². The Balaban J connectivity index is 1.02. The lowest BCUT2D eigenvalue weighted by atomic mass is 9.43. The van der Waals surface area contributed by atoms with E-state index in [0.717, 1.165) is 84.9 Å². The molecule has 0 aromatic rings. The number of ether oxygens (including phenoxy) is 1. The highest BCUT2D eigenvalue weighted by molar-refractivity contribution is 5.15. The van der Waals surface area contributed by atoms with E-state index in [9.17, 15) is 10.2 Å². The minimum absolute atomic E-state index is 0.111. The maximum atomic E-state index is 11.6. The molecule has 8 saturated carbocycles. The van der Waals surface area contributed by atoms with E-state index in [-0.39, 0.29) is 35.2 Å². The smallest absolute Gasteiger partial charge is 0.0662 e. The highest BCUT2D eigenvalue weighted by Gasteiger charge is 2.66. The first kappa shape index (κ1) is 43.5. The molecule has 8 rings (SSSR count). The van der Waals surface area contributed by atoms with Gasteiger partial charge in [0.2, 0.25) is 0 Å². The number of aliphatic hydroxyl groups is 2. The molecule has 328 valence electrons. The Labute approximate surface area is 353 Å². The number of fused-ring (bicyclic) bond motifs is 10. The van der Waals surface area contributed by atoms with Crippen LogP contribution in [0.2, 0.25) is 0 Å². The highest BCUT2D eigenvalue weighted by atomic mass is 16.5. The summed E-state index contributed by atoms with van der Waals surface area (Å²) in [6.45, 7) is 25.7. The van der Waals surface area contributed by atoms with Crippen molar-refractivity contribution in [3.63, 3.8) is 0 Å². The van der Waals surface area contributed by atoms with Crippen LogP contribution >= 0.6 is 0 Å². The molecular weight excluding hydrogens is 697 g/mol. The quantitative estimate of drug-likeness (QED) is 0.207. The highest BCUT2D eigenvalue weighted by Crippen LogP contribution is 2.71. The molecule has 8 aliphatic rings. The maximum Gasteiger partial charge on any atom is 0.0662 e. The van der Waals surface area contributed by atoms with Crippen molar-refractivity contribution in [3.05, 3.63) is 0 Å². The molecule has 0 aliphatic heterocycles. The van der Waals surface area contributed by atoms with Crippen molar-refractivity contribution in [2.45, 2.75) is 235 Å². The number of hydrogen-bond acceptors (Lipinski definition) is 3. The molecule has 0 amide bonds. The summed E-state index contributed by atoms with van der Waals surface area (Å²) in [5.41, 5.74) is 1.25. The van der Waals surface area contributed by atoms with Gasteiger partial charge in [-0.2, -0.15) is 0 Å². The van der Waals surface area contributed by atoms with Crippen LogP contribution in [-0.4, -0.2) is 34.6 Å². The molecule has 0 heterocycles. The van der Waals surface area contributed by atoms with E-state index < -0.39 is 0 Å². The van der Waals surface area contributed by atoms with Crippen molar-refractivity contribution in [3.8, 4) is 0 Å². The van der Waals surface area contributed by atoms with Gasteiger partial charge in [0.05, 0.1) is 24.4 Å². The van der Waals surface area contributed by atoms with E-state index in [4.69, 9.17) is 4.74 Å². The molecule has 3 nitrogen and oxygen atoms in total. The molecule has 0 radical (unpaired) electrons. The Morgan fingerprint density at radius 2 is 0.877 bits per heavy atom. The van der Waals surface area contributed by atoms with Crippen LogP contribution in [0.5, 0.6) is 0 Å². The average molecular weight is 791 g/mol. The largest absolute Gasteiger partial charge is 0.393 e. The SMILES string of the molecule is CC(C)CCC[C@@H](C)[C@H]1CC[C@H]2[C@H]3CC[C@@H]4C[C@H](O)CC(OC5C[C@@H](O)C[C@H]6CC[C@@H]7[C@@H]8CC[C@H]([C@H](C)CCCC(C)C)[C@@]8(C)CC[C@@H]7[C@@]56C)[C@]4(C)[C@H]3CC[C@]12C. The van der Waals surface area contributed by atoms with Gasteiger partial charge in [-0.1, -0.05) is 108 Å². The van der Waals surface area contributed by atoms with Crippen LogP contribution in [0, 0.1) is 105 Å². The fourth-order valence-corrected chi connectivity index (χ4v) is 19.2. The van der Waals surface area contributed by atoms with Crippen molar-refractivity contribution in [2.75, 3.05) is 0 Å². The van der Waals surface area contributed by atoms with E-state index in [1.54, 1.807) is 0 Å². The molecule has 8 aliphatic carbocycles. The minimum Gasteiger partial charge on any atom is -0.393 e. The summed E-state index contributed by atoms with van der Waals surface area (Å²) < 4.78 is 7.91. The lowest BCUT2D eigenvalue weighted by molar-refractivity contribution is -0.259. The first-order valence-corrected chi connectivity index (χ1v) is 26.0. The average Bonchev–Trinajstić information content (AvgIpc) is 3.69. The Kier molecular flexibility index (Phi) is 12.6. The van der Waals surface area contributed by atoms with Crippen LogP contribution in [0.3, 0.4) is 0 Å². The monoisotopic (exact) mass is 791 g/mol. The van der Waals surface area contributed by atoms with Crippen LogP contribution < -0.4 is 0 Å². The summed E-state index contributed by atoms with van der Waals surface area (Å²) in [7, 11) is 0. The van der Waals surface area contributed by atoms with Crippen molar-refractivity contribution in [2.24, 2.45) is 105 Å². The topological polar surface area (TPSA) is 49.7 Å². The fraction of sp³-hybridized carbons (Fsp3) is 1.00. The standard InChI is InChI=1S/C54H94O3/c1-33(2)13-11-15-35(5)43-21-23-45-41-19-17-37-29-39(55)31-49(53(37,9)47(41)25-27-51(43,45)7)57-50-32-40(56)30-38-18-20-42-46-24-22-44(36(6)16-12-14-34(3)4)52(46,8)28-26-48(42)54(38,50)10/h33-50,55-56H,11-32H2,1-10H3/t35-,36-,37-,38-,39+,40+,41-,42-,43-,44-,45+,46+,47+,48+,49?,50?,51-,52-,53+,54+/m1/s1. The molecule has 0 aromatic heterocycles. The number of aliphatic hydroxyl groups excluding tert-OH is 2. The third-order valence-corrected chi connectivity index (χ3v) is 22.1. The second-order valence-corrected chi connectivity index (χ2v) is 25.5. The van der Waals surface area contributed by atoms with E-state index in [0.29, 0.717) is 34.5 Å².